The molecule has 0 aliphatic heterocycles. The zero-order valence-corrected chi connectivity index (χ0v) is 13.7. The second kappa shape index (κ2) is 6.21. The van der Waals surface area contributed by atoms with Crippen molar-refractivity contribution in [1.82, 2.24) is 5.32 Å². The molecule has 20 heavy (non-hydrogen) atoms. The molecule has 1 rings (SSSR count). The van der Waals surface area contributed by atoms with Crippen molar-refractivity contribution in [2.24, 2.45) is 5.14 Å². The molecule has 0 aliphatic rings. The molecule has 1 aromatic heterocycles. The largest absolute Gasteiger partial charge is 0.374 e. The number of rotatable bonds is 6. The third-order valence-corrected chi connectivity index (χ3v) is 5.39. The quantitative estimate of drug-likeness (QED) is 0.824. The molecule has 0 saturated heterocycles. The van der Waals surface area contributed by atoms with Gasteiger partial charge in [0.15, 0.2) is 0 Å². The average molecular weight is 320 g/mol. The normalized spacial score (nSPS) is 12.4. The van der Waals surface area contributed by atoms with Crippen LogP contribution in [0, 0.1) is 6.92 Å². The number of hydrogen-bond acceptors (Lipinski definition) is 5. The predicted octanol–water partition coefficient (Wildman–Crippen LogP) is 1.25. The van der Waals surface area contributed by atoms with Crippen LogP contribution in [0.2, 0.25) is 0 Å². The molecule has 1 amide bonds. The Morgan fingerprint density at radius 3 is 2.55 bits per heavy atom. The molecule has 114 valence electrons. The first-order chi connectivity index (χ1) is 9.08. The molecule has 6 nitrogen and oxygen atoms in total. The zero-order valence-electron chi connectivity index (χ0n) is 12.0. The number of nitrogens with two attached hydrogens (primary N) is 1. The van der Waals surface area contributed by atoms with Gasteiger partial charge >= 0.3 is 0 Å². The monoisotopic (exact) mass is 320 g/mol. The molecule has 0 aromatic carbocycles. The summed E-state index contributed by atoms with van der Waals surface area (Å²) in [6.45, 7) is 8.07. The third kappa shape index (κ3) is 4.27. The van der Waals surface area contributed by atoms with Crippen molar-refractivity contribution < 1.29 is 17.9 Å². The summed E-state index contributed by atoms with van der Waals surface area (Å²) in [7, 11) is -3.78. The highest BCUT2D eigenvalue weighted by Gasteiger charge is 2.23. The van der Waals surface area contributed by atoms with E-state index in [9.17, 15) is 13.2 Å². The van der Waals surface area contributed by atoms with Crippen LogP contribution in [0.3, 0.4) is 0 Å². The Bertz CT molecular complexity index is 591. The van der Waals surface area contributed by atoms with E-state index < -0.39 is 15.6 Å². The Hall–Kier alpha value is -0.960. The fraction of sp³-hybridized carbons (Fsp3) is 0.583. The lowest BCUT2D eigenvalue weighted by molar-refractivity contribution is -0.00815. The number of carbonyl (C=O) groups is 1. The molecule has 0 fully saturated rings. The molecule has 0 unspecified atom stereocenters. The molecule has 1 aromatic rings. The molecule has 0 aliphatic carbocycles. The molecule has 8 heteroatoms. The van der Waals surface area contributed by atoms with Gasteiger partial charge in [-0.1, -0.05) is 0 Å². The smallest absolute Gasteiger partial charge is 0.252 e. The van der Waals surface area contributed by atoms with Crippen molar-refractivity contribution in [2.45, 2.75) is 37.5 Å². The van der Waals surface area contributed by atoms with Gasteiger partial charge < -0.3 is 10.1 Å². The van der Waals surface area contributed by atoms with Gasteiger partial charge in [-0.15, -0.1) is 11.3 Å². The summed E-state index contributed by atoms with van der Waals surface area (Å²) in [5.74, 6) is -0.332. The van der Waals surface area contributed by atoms with E-state index in [2.05, 4.69) is 5.32 Å². The molecular weight excluding hydrogens is 300 g/mol. The van der Waals surface area contributed by atoms with Gasteiger partial charge in [0.05, 0.1) is 11.2 Å². The van der Waals surface area contributed by atoms with E-state index in [0.29, 0.717) is 24.3 Å². The van der Waals surface area contributed by atoms with Crippen molar-refractivity contribution >= 4 is 27.3 Å². The van der Waals surface area contributed by atoms with Crippen molar-refractivity contribution in [2.75, 3.05) is 13.2 Å². The van der Waals surface area contributed by atoms with E-state index in [1.54, 1.807) is 6.92 Å². The molecule has 1 heterocycles. The second-order valence-corrected chi connectivity index (χ2v) is 7.62. The maximum atomic E-state index is 12.1. The summed E-state index contributed by atoms with van der Waals surface area (Å²) >= 11 is 0.950. The summed E-state index contributed by atoms with van der Waals surface area (Å²) in [6.07, 6.45) is 0. The topological polar surface area (TPSA) is 98.5 Å². The Morgan fingerprint density at radius 1 is 1.50 bits per heavy atom. The molecule has 0 bridgehead atoms. The minimum Gasteiger partial charge on any atom is -0.374 e. The van der Waals surface area contributed by atoms with Crippen LogP contribution < -0.4 is 10.5 Å². The van der Waals surface area contributed by atoms with E-state index in [1.165, 1.54) is 5.38 Å². The minimum absolute atomic E-state index is 0.0201. The Balaban J connectivity index is 2.83. The van der Waals surface area contributed by atoms with Crippen molar-refractivity contribution in [3.8, 4) is 0 Å². The van der Waals surface area contributed by atoms with Crippen LogP contribution >= 0.6 is 11.3 Å². The van der Waals surface area contributed by atoms with E-state index in [-0.39, 0.29) is 10.1 Å². The Labute approximate surface area is 123 Å². The molecule has 0 radical (unpaired) electrons. The van der Waals surface area contributed by atoms with E-state index in [0.717, 1.165) is 11.3 Å². The van der Waals surface area contributed by atoms with Gasteiger partial charge in [0.25, 0.3) is 5.91 Å². The number of sulfonamides is 1. The standard InChI is InChI=1S/C12H20N2O4S2/c1-5-18-12(3,4)7-14-10(15)9-6-19-11(8(9)2)20(13,16)17/h6H,5,7H2,1-4H3,(H,14,15)(H2,13,16,17). The average Bonchev–Trinajstić information content (AvgIpc) is 2.68. The van der Waals surface area contributed by atoms with Gasteiger partial charge in [-0.2, -0.15) is 0 Å². The maximum absolute atomic E-state index is 12.1. The minimum atomic E-state index is -3.78. The van der Waals surface area contributed by atoms with Crippen LogP contribution in [0.15, 0.2) is 9.59 Å². The first kappa shape index (κ1) is 17.1. The molecule has 0 saturated carbocycles. The van der Waals surface area contributed by atoms with Gasteiger partial charge in [-0.25, -0.2) is 13.6 Å². The summed E-state index contributed by atoms with van der Waals surface area (Å²) in [5, 5.41) is 9.32. The van der Waals surface area contributed by atoms with Crippen molar-refractivity contribution in [3.63, 3.8) is 0 Å². The van der Waals surface area contributed by atoms with Gasteiger partial charge in [0, 0.05) is 18.5 Å². The maximum Gasteiger partial charge on any atom is 0.252 e. The predicted molar refractivity (Wildman–Crippen MR) is 78.5 cm³/mol. The number of thiophene rings is 1. The fourth-order valence-electron chi connectivity index (χ4n) is 1.73. The number of nitrogens with one attached hydrogen (secondary N) is 1. The van der Waals surface area contributed by atoms with Gasteiger partial charge in [-0.05, 0) is 33.3 Å². The van der Waals surface area contributed by atoms with E-state index in [1.807, 2.05) is 20.8 Å². The second-order valence-electron chi connectivity index (χ2n) is 4.98. The summed E-state index contributed by atoms with van der Waals surface area (Å²) < 4.78 is 28.2. The number of primary sulfonamides is 1. The number of hydrogen-bond donors (Lipinski definition) is 2. The van der Waals surface area contributed by atoms with Gasteiger partial charge in [0.2, 0.25) is 10.0 Å². The third-order valence-electron chi connectivity index (χ3n) is 2.71. The first-order valence-corrected chi connectivity index (χ1v) is 8.54. The van der Waals surface area contributed by atoms with Crippen LogP contribution in [0.5, 0.6) is 0 Å². The van der Waals surface area contributed by atoms with Crippen LogP contribution in [-0.4, -0.2) is 33.1 Å². The lowest BCUT2D eigenvalue weighted by Gasteiger charge is -2.24. The molecular formula is C12H20N2O4S2. The van der Waals surface area contributed by atoms with Gasteiger partial charge in [-0.3, -0.25) is 4.79 Å². The Kier molecular flexibility index (Phi) is 5.31. The zero-order chi connectivity index (χ0) is 15.6. The highest BCUT2D eigenvalue weighted by atomic mass is 32.2. The van der Waals surface area contributed by atoms with Crippen LogP contribution in [0.1, 0.15) is 36.7 Å². The summed E-state index contributed by atoms with van der Waals surface area (Å²) in [5.41, 5.74) is 0.229. The van der Waals surface area contributed by atoms with E-state index >= 15 is 0 Å². The lowest BCUT2D eigenvalue weighted by atomic mass is 10.1. The van der Waals surface area contributed by atoms with E-state index in [4.69, 9.17) is 9.88 Å². The molecule has 3 N–H and O–H groups in total. The number of ether oxygens (including phenoxy) is 1. The fourth-order valence-corrected chi connectivity index (χ4v) is 3.75. The lowest BCUT2D eigenvalue weighted by Crippen LogP contribution is -2.40. The summed E-state index contributed by atoms with van der Waals surface area (Å²) in [6, 6.07) is 0. The highest BCUT2D eigenvalue weighted by Crippen LogP contribution is 2.25. The Morgan fingerprint density at radius 2 is 2.10 bits per heavy atom. The summed E-state index contributed by atoms with van der Waals surface area (Å²) in [4.78, 5) is 12.1. The molecule has 0 spiro atoms. The van der Waals surface area contributed by atoms with Crippen LogP contribution in [0.25, 0.3) is 0 Å². The molecule has 0 atom stereocenters. The van der Waals surface area contributed by atoms with Crippen molar-refractivity contribution in [1.29, 1.82) is 0 Å². The van der Waals surface area contributed by atoms with Crippen LogP contribution in [-0.2, 0) is 14.8 Å². The number of amides is 1. The SMILES string of the molecule is CCOC(C)(C)CNC(=O)c1csc(S(N)(=O)=O)c1C. The first-order valence-electron chi connectivity index (χ1n) is 6.11. The van der Waals surface area contributed by atoms with Gasteiger partial charge in [0.1, 0.15) is 4.21 Å². The van der Waals surface area contributed by atoms with Crippen molar-refractivity contribution in [3.05, 3.63) is 16.5 Å². The van der Waals surface area contributed by atoms with Crippen LogP contribution in [0.4, 0.5) is 0 Å². The number of carbonyl (C=O) groups excluding carboxylic acids is 1. The highest BCUT2D eigenvalue weighted by molar-refractivity contribution is 7.91.